The summed E-state index contributed by atoms with van der Waals surface area (Å²) in [7, 11) is 0. The Morgan fingerprint density at radius 1 is 0.882 bits per heavy atom. The fourth-order valence-electron chi connectivity index (χ4n) is 1.74. The normalized spacial score (nSPS) is 9.88. The first-order chi connectivity index (χ1) is 8.36. The lowest BCUT2D eigenvalue weighted by atomic mass is 10.1. The summed E-state index contributed by atoms with van der Waals surface area (Å²) in [4.78, 5) is 0. The SMILES string of the molecule is C=C(NCCc1ccccc1)c1ccccc1. The lowest BCUT2D eigenvalue weighted by molar-refractivity contribution is 0.849. The molecule has 0 radical (unpaired) electrons. The van der Waals surface area contributed by atoms with Crippen LogP contribution in [0.25, 0.3) is 5.70 Å². The number of hydrogen-bond donors (Lipinski definition) is 1. The van der Waals surface area contributed by atoms with Crippen LogP contribution >= 0.6 is 0 Å². The van der Waals surface area contributed by atoms with Crippen LogP contribution in [-0.4, -0.2) is 6.54 Å². The van der Waals surface area contributed by atoms with Crippen molar-refractivity contribution in [2.45, 2.75) is 6.42 Å². The van der Waals surface area contributed by atoms with E-state index in [1.807, 2.05) is 24.3 Å². The molecule has 1 heteroatoms. The van der Waals surface area contributed by atoms with Crippen LogP contribution in [0.15, 0.2) is 67.2 Å². The molecule has 1 nitrogen and oxygen atoms in total. The van der Waals surface area contributed by atoms with Crippen LogP contribution in [-0.2, 0) is 6.42 Å². The van der Waals surface area contributed by atoms with E-state index < -0.39 is 0 Å². The second kappa shape index (κ2) is 5.90. The molecule has 0 atom stereocenters. The molecule has 0 bridgehead atoms. The Hall–Kier alpha value is -2.02. The van der Waals surface area contributed by atoms with Crippen LogP contribution in [0.5, 0.6) is 0 Å². The van der Waals surface area contributed by atoms with Gasteiger partial charge in [0.15, 0.2) is 0 Å². The molecule has 1 N–H and O–H groups in total. The van der Waals surface area contributed by atoms with E-state index in [-0.39, 0.29) is 0 Å². The largest absolute Gasteiger partial charge is 0.385 e. The van der Waals surface area contributed by atoms with Crippen LogP contribution in [0.3, 0.4) is 0 Å². The van der Waals surface area contributed by atoms with E-state index in [0.717, 1.165) is 24.2 Å². The summed E-state index contributed by atoms with van der Waals surface area (Å²) in [6.07, 6.45) is 1.02. The number of benzene rings is 2. The molecule has 17 heavy (non-hydrogen) atoms. The smallest absolute Gasteiger partial charge is 0.0340 e. The Bertz CT molecular complexity index is 459. The molecular weight excluding hydrogens is 206 g/mol. The summed E-state index contributed by atoms with van der Waals surface area (Å²) in [5, 5.41) is 3.35. The highest BCUT2D eigenvalue weighted by Crippen LogP contribution is 2.08. The van der Waals surface area contributed by atoms with Crippen molar-refractivity contribution in [2.24, 2.45) is 0 Å². The van der Waals surface area contributed by atoms with Gasteiger partial charge in [0.05, 0.1) is 0 Å². The first kappa shape index (κ1) is 11.5. The van der Waals surface area contributed by atoms with E-state index in [1.54, 1.807) is 0 Å². The van der Waals surface area contributed by atoms with Gasteiger partial charge >= 0.3 is 0 Å². The molecule has 2 rings (SSSR count). The van der Waals surface area contributed by atoms with Gasteiger partial charge in [-0.3, -0.25) is 0 Å². The second-order valence-electron chi connectivity index (χ2n) is 4.01. The fourth-order valence-corrected chi connectivity index (χ4v) is 1.74. The van der Waals surface area contributed by atoms with Crippen molar-refractivity contribution < 1.29 is 0 Å². The first-order valence-electron chi connectivity index (χ1n) is 5.88. The Morgan fingerprint density at radius 2 is 1.47 bits per heavy atom. The molecule has 0 saturated heterocycles. The van der Waals surface area contributed by atoms with Crippen molar-refractivity contribution in [1.29, 1.82) is 0 Å². The molecular formula is C16H17N. The van der Waals surface area contributed by atoms with Gasteiger partial charge in [-0.05, 0) is 17.5 Å². The highest BCUT2D eigenvalue weighted by Gasteiger charge is 1.96. The Morgan fingerprint density at radius 3 is 2.12 bits per heavy atom. The van der Waals surface area contributed by atoms with Crippen molar-refractivity contribution in [3.8, 4) is 0 Å². The highest BCUT2D eigenvalue weighted by atomic mass is 14.9. The van der Waals surface area contributed by atoms with Gasteiger partial charge in [0, 0.05) is 12.2 Å². The van der Waals surface area contributed by atoms with E-state index in [4.69, 9.17) is 0 Å². The van der Waals surface area contributed by atoms with Crippen LogP contribution < -0.4 is 5.32 Å². The zero-order chi connectivity index (χ0) is 11.9. The second-order valence-corrected chi connectivity index (χ2v) is 4.01. The summed E-state index contributed by atoms with van der Waals surface area (Å²) < 4.78 is 0. The van der Waals surface area contributed by atoms with Gasteiger partial charge in [-0.1, -0.05) is 67.2 Å². The topological polar surface area (TPSA) is 12.0 Å². The van der Waals surface area contributed by atoms with Gasteiger partial charge in [-0.2, -0.15) is 0 Å². The zero-order valence-electron chi connectivity index (χ0n) is 9.89. The molecule has 0 aliphatic rings. The Balaban J connectivity index is 1.82. The Kier molecular flexibility index (Phi) is 3.98. The van der Waals surface area contributed by atoms with Crippen LogP contribution in [0, 0.1) is 0 Å². The standard InChI is InChI=1S/C16H17N/c1-14(16-10-6-3-7-11-16)17-13-12-15-8-4-2-5-9-15/h2-11,17H,1,12-13H2. The third-order valence-corrected chi connectivity index (χ3v) is 2.72. The lowest BCUT2D eigenvalue weighted by Gasteiger charge is -2.09. The Labute approximate surface area is 103 Å². The molecule has 0 saturated carbocycles. The van der Waals surface area contributed by atoms with E-state index >= 15 is 0 Å². The van der Waals surface area contributed by atoms with E-state index in [1.165, 1.54) is 5.56 Å². The number of rotatable bonds is 5. The van der Waals surface area contributed by atoms with E-state index in [9.17, 15) is 0 Å². The minimum absolute atomic E-state index is 0.914. The molecule has 2 aromatic carbocycles. The van der Waals surface area contributed by atoms with Crippen molar-refractivity contribution in [3.63, 3.8) is 0 Å². The molecule has 0 heterocycles. The lowest BCUT2D eigenvalue weighted by Crippen LogP contribution is -2.14. The summed E-state index contributed by atoms with van der Waals surface area (Å²) in [5.41, 5.74) is 3.49. The molecule has 0 aromatic heterocycles. The molecule has 0 aliphatic carbocycles. The van der Waals surface area contributed by atoms with Crippen LogP contribution in [0.1, 0.15) is 11.1 Å². The van der Waals surface area contributed by atoms with Crippen molar-refractivity contribution in [3.05, 3.63) is 78.4 Å². The number of hydrogen-bond acceptors (Lipinski definition) is 1. The van der Waals surface area contributed by atoms with Gasteiger partial charge < -0.3 is 5.32 Å². The molecule has 0 amide bonds. The van der Waals surface area contributed by atoms with E-state index in [2.05, 4.69) is 48.3 Å². The molecule has 0 spiro atoms. The maximum atomic E-state index is 4.05. The minimum atomic E-state index is 0.914. The van der Waals surface area contributed by atoms with Crippen molar-refractivity contribution in [2.75, 3.05) is 6.54 Å². The van der Waals surface area contributed by atoms with Crippen LogP contribution in [0.4, 0.5) is 0 Å². The maximum Gasteiger partial charge on any atom is 0.0340 e. The minimum Gasteiger partial charge on any atom is -0.385 e. The van der Waals surface area contributed by atoms with Gasteiger partial charge in [-0.25, -0.2) is 0 Å². The molecule has 0 fully saturated rings. The molecule has 0 aliphatic heterocycles. The van der Waals surface area contributed by atoms with Gasteiger partial charge in [0.1, 0.15) is 0 Å². The number of nitrogens with one attached hydrogen (secondary N) is 1. The molecule has 86 valence electrons. The van der Waals surface area contributed by atoms with E-state index in [0.29, 0.717) is 0 Å². The zero-order valence-corrected chi connectivity index (χ0v) is 9.89. The first-order valence-corrected chi connectivity index (χ1v) is 5.88. The van der Waals surface area contributed by atoms with Crippen LogP contribution in [0.2, 0.25) is 0 Å². The summed E-state index contributed by atoms with van der Waals surface area (Å²) in [6, 6.07) is 20.7. The quantitative estimate of drug-likeness (QED) is 0.818. The van der Waals surface area contributed by atoms with Crippen molar-refractivity contribution in [1.82, 2.24) is 5.32 Å². The molecule has 2 aromatic rings. The highest BCUT2D eigenvalue weighted by molar-refractivity contribution is 5.61. The average Bonchev–Trinajstić information content (AvgIpc) is 2.41. The monoisotopic (exact) mass is 223 g/mol. The summed E-state index contributed by atoms with van der Waals surface area (Å²) in [6.45, 7) is 4.96. The summed E-state index contributed by atoms with van der Waals surface area (Å²) >= 11 is 0. The summed E-state index contributed by atoms with van der Waals surface area (Å²) in [5.74, 6) is 0. The fraction of sp³-hybridized carbons (Fsp3) is 0.125. The predicted octanol–water partition coefficient (Wildman–Crippen LogP) is 3.49. The third-order valence-electron chi connectivity index (χ3n) is 2.72. The van der Waals surface area contributed by atoms with Gasteiger partial charge in [0.25, 0.3) is 0 Å². The maximum absolute atomic E-state index is 4.05. The van der Waals surface area contributed by atoms with Crippen molar-refractivity contribution >= 4 is 5.70 Å². The van der Waals surface area contributed by atoms with Gasteiger partial charge in [0.2, 0.25) is 0 Å². The third kappa shape index (κ3) is 3.49. The average molecular weight is 223 g/mol. The predicted molar refractivity (Wildman–Crippen MR) is 73.6 cm³/mol. The molecule has 0 unspecified atom stereocenters. The van der Waals surface area contributed by atoms with Gasteiger partial charge in [-0.15, -0.1) is 0 Å².